The molecule has 0 heterocycles. The molecule has 1 aromatic rings. The third-order valence-electron chi connectivity index (χ3n) is 6.39. The van der Waals surface area contributed by atoms with Gasteiger partial charge in [0.05, 0.1) is 13.2 Å². The number of hydrogen-bond donors (Lipinski definition) is 0. The Kier molecular flexibility index (Phi) is 15.0. The Balaban J connectivity index is 2.05. The van der Waals surface area contributed by atoms with Crippen molar-refractivity contribution in [3.63, 3.8) is 0 Å². The van der Waals surface area contributed by atoms with Crippen molar-refractivity contribution in [1.82, 2.24) is 0 Å². The average Bonchev–Trinajstić information content (AvgIpc) is 2.73. The van der Waals surface area contributed by atoms with Crippen molar-refractivity contribution in [3.05, 3.63) is 40.3 Å². The van der Waals surface area contributed by atoms with E-state index in [1.807, 2.05) is 24.3 Å². The SMILES string of the molecule is CC(C)CCCC(C)CCCC(C)CCCC(C)CCOc1ccc(CN=[N+]=[N-])cc1. The molecule has 3 atom stereocenters. The molecule has 4 heteroatoms. The molecule has 176 valence electrons. The summed E-state index contributed by atoms with van der Waals surface area (Å²) in [4.78, 5) is 2.79. The Morgan fingerprint density at radius 3 is 1.71 bits per heavy atom. The Morgan fingerprint density at radius 2 is 1.23 bits per heavy atom. The van der Waals surface area contributed by atoms with Crippen molar-refractivity contribution in [2.45, 2.75) is 105 Å². The first-order valence-electron chi connectivity index (χ1n) is 12.6. The summed E-state index contributed by atoms with van der Waals surface area (Å²) < 4.78 is 5.88. The van der Waals surface area contributed by atoms with E-state index in [1.165, 1.54) is 57.8 Å². The maximum absolute atomic E-state index is 8.37. The molecule has 0 saturated carbocycles. The quantitative estimate of drug-likeness (QED) is 0.130. The van der Waals surface area contributed by atoms with Crippen molar-refractivity contribution in [2.24, 2.45) is 28.8 Å². The largest absolute Gasteiger partial charge is 0.494 e. The van der Waals surface area contributed by atoms with Gasteiger partial charge in [-0.2, -0.15) is 0 Å². The van der Waals surface area contributed by atoms with Crippen LogP contribution in [0.3, 0.4) is 0 Å². The van der Waals surface area contributed by atoms with Crippen LogP contribution in [0.4, 0.5) is 0 Å². The highest BCUT2D eigenvalue weighted by molar-refractivity contribution is 5.27. The third-order valence-corrected chi connectivity index (χ3v) is 6.39. The molecule has 0 aromatic heterocycles. The summed E-state index contributed by atoms with van der Waals surface area (Å²) in [5, 5.41) is 3.58. The van der Waals surface area contributed by atoms with E-state index in [-0.39, 0.29) is 0 Å². The number of ether oxygens (including phenoxy) is 1. The topological polar surface area (TPSA) is 58.0 Å². The molecular weight excluding hydrogens is 382 g/mol. The molecule has 0 N–H and O–H groups in total. The van der Waals surface area contributed by atoms with E-state index in [0.717, 1.165) is 42.1 Å². The summed E-state index contributed by atoms with van der Waals surface area (Å²) in [5.41, 5.74) is 9.38. The van der Waals surface area contributed by atoms with Crippen molar-refractivity contribution < 1.29 is 4.74 Å². The van der Waals surface area contributed by atoms with Gasteiger partial charge in [-0.1, -0.05) is 110 Å². The summed E-state index contributed by atoms with van der Waals surface area (Å²) in [7, 11) is 0. The highest BCUT2D eigenvalue weighted by Gasteiger charge is 2.08. The van der Waals surface area contributed by atoms with E-state index in [1.54, 1.807) is 0 Å². The molecule has 3 unspecified atom stereocenters. The van der Waals surface area contributed by atoms with Crippen LogP contribution < -0.4 is 4.74 Å². The van der Waals surface area contributed by atoms with Crippen LogP contribution in [0.5, 0.6) is 5.75 Å². The van der Waals surface area contributed by atoms with Crippen molar-refractivity contribution >= 4 is 0 Å². The second-order valence-electron chi connectivity index (χ2n) is 10.2. The fraction of sp³-hybridized carbons (Fsp3) is 0.778. The smallest absolute Gasteiger partial charge is 0.119 e. The molecule has 31 heavy (non-hydrogen) atoms. The summed E-state index contributed by atoms with van der Waals surface area (Å²) in [6.07, 6.45) is 13.5. The first-order valence-corrected chi connectivity index (χ1v) is 12.6. The zero-order valence-electron chi connectivity index (χ0n) is 20.9. The van der Waals surface area contributed by atoms with E-state index in [2.05, 4.69) is 44.6 Å². The molecule has 0 radical (unpaired) electrons. The highest BCUT2D eigenvalue weighted by Crippen LogP contribution is 2.23. The van der Waals surface area contributed by atoms with Crippen molar-refractivity contribution in [3.8, 4) is 5.75 Å². The predicted molar refractivity (Wildman–Crippen MR) is 133 cm³/mol. The van der Waals surface area contributed by atoms with Gasteiger partial charge in [0.15, 0.2) is 0 Å². The lowest BCUT2D eigenvalue weighted by molar-refractivity contribution is 0.274. The first kappa shape index (κ1) is 27.4. The van der Waals surface area contributed by atoms with Gasteiger partial charge in [-0.3, -0.25) is 0 Å². The number of nitrogens with zero attached hydrogens (tertiary/aromatic N) is 3. The zero-order valence-corrected chi connectivity index (χ0v) is 20.9. The van der Waals surface area contributed by atoms with Gasteiger partial charge in [-0.05, 0) is 53.3 Å². The molecule has 1 aromatic carbocycles. The lowest BCUT2D eigenvalue weighted by Gasteiger charge is -2.16. The van der Waals surface area contributed by atoms with Gasteiger partial charge in [0.1, 0.15) is 5.75 Å². The van der Waals surface area contributed by atoms with Crippen LogP contribution in [0, 0.1) is 23.7 Å². The van der Waals surface area contributed by atoms with Crippen LogP contribution in [0.1, 0.15) is 104 Å². The molecule has 0 aliphatic rings. The second-order valence-corrected chi connectivity index (χ2v) is 10.2. The molecule has 0 saturated heterocycles. The normalized spacial score (nSPS) is 14.1. The number of benzene rings is 1. The summed E-state index contributed by atoms with van der Waals surface area (Å²) in [6, 6.07) is 7.84. The molecule has 0 aliphatic heterocycles. The monoisotopic (exact) mass is 429 g/mol. The molecule has 0 spiro atoms. The molecule has 4 nitrogen and oxygen atoms in total. The van der Waals surface area contributed by atoms with Crippen LogP contribution in [0.15, 0.2) is 29.4 Å². The van der Waals surface area contributed by atoms with Crippen LogP contribution in [-0.4, -0.2) is 6.61 Å². The maximum atomic E-state index is 8.37. The van der Waals surface area contributed by atoms with E-state index in [9.17, 15) is 0 Å². The van der Waals surface area contributed by atoms with Crippen molar-refractivity contribution in [2.75, 3.05) is 6.61 Å². The average molecular weight is 430 g/mol. The lowest BCUT2D eigenvalue weighted by atomic mass is 9.91. The number of azide groups is 1. The first-order chi connectivity index (χ1) is 14.9. The van der Waals surface area contributed by atoms with E-state index in [0.29, 0.717) is 12.5 Å². The van der Waals surface area contributed by atoms with Gasteiger partial charge in [-0.25, -0.2) is 0 Å². The molecule has 0 amide bonds. The zero-order chi connectivity index (χ0) is 22.9. The number of rotatable bonds is 18. The number of hydrogen-bond acceptors (Lipinski definition) is 2. The summed E-state index contributed by atoms with van der Waals surface area (Å²) in [6.45, 7) is 13.0. The minimum Gasteiger partial charge on any atom is -0.494 e. The lowest BCUT2D eigenvalue weighted by Crippen LogP contribution is -2.05. The van der Waals surface area contributed by atoms with E-state index in [4.69, 9.17) is 10.3 Å². The van der Waals surface area contributed by atoms with Gasteiger partial charge >= 0.3 is 0 Å². The summed E-state index contributed by atoms with van der Waals surface area (Å²) >= 11 is 0. The van der Waals surface area contributed by atoms with Gasteiger partial charge < -0.3 is 4.74 Å². The minimum atomic E-state index is 0.392. The third kappa shape index (κ3) is 14.9. The van der Waals surface area contributed by atoms with Crippen LogP contribution in [0.2, 0.25) is 0 Å². The second kappa shape index (κ2) is 17.0. The Bertz CT molecular complexity index is 607. The molecule has 0 bridgehead atoms. The fourth-order valence-corrected chi connectivity index (χ4v) is 4.12. The van der Waals surface area contributed by atoms with Crippen molar-refractivity contribution in [1.29, 1.82) is 0 Å². The Hall–Kier alpha value is -1.67. The Morgan fingerprint density at radius 1 is 0.742 bits per heavy atom. The van der Waals surface area contributed by atoms with E-state index >= 15 is 0 Å². The fourth-order valence-electron chi connectivity index (χ4n) is 4.12. The van der Waals surface area contributed by atoms with Crippen LogP contribution >= 0.6 is 0 Å². The van der Waals surface area contributed by atoms with Gasteiger partial charge in [0, 0.05) is 4.91 Å². The van der Waals surface area contributed by atoms with Gasteiger partial charge in [-0.15, -0.1) is 0 Å². The molecular formula is C27H47N3O. The molecule has 0 aliphatic carbocycles. The standard InChI is InChI=1S/C27H47N3O/c1-22(2)9-6-10-23(3)11-7-12-24(4)13-8-14-25(5)19-20-31-27-17-15-26(16-18-27)21-29-30-28/h15-18,22-25H,6-14,19-21H2,1-5H3. The van der Waals surface area contributed by atoms with E-state index < -0.39 is 0 Å². The maximum Gasteiger partial charge on any atom is 0.119 e. The highest BCUT2D eigenvalue weighted by atomic mass is 16.5. The van der Waals surface area contributed by atoms with Gasteiger partial charge in [0.25, 0.3) is 0 Å². The molecule has 1 rings (SSSR count). The van der Waals surface area contributed by atoms with Gasteiger partial charge in [0.2, 0.25) is 0 Å². The predicted octanol–water partition coefficient (Wildman–Crippen LogP) is 9.34. The minimum absolute atomic E-state index is 0.392. The Labute approximate surface area is 191 Å². The van der Waals surface area contributed by atoms with Crippen LogP contribution in [0.25, 0.3) is 10.4 Å². The summed E-state index contributed by atoms with van der Waals surface area (Å²) in [5.74, 6) is 4.20. The molecule has 0 fully saturated rings. The van der Waals surface area contributed by atoms with Crippen LogP contribution in [-0.2, 0) is 6.54 Å².